The van der Waals surface area contributed by atoms with Gasteiger partial charge in [0.25, 0.3) is 0 Å². The number of nitrogens with one attached hydrogen (secondary N) is 1. The minimum absolute atomic E-state index is 0.0853. The van der Waals surface area contributed by atoms with Gasteiger partial charge in [-0.3, -0.25) is 5.41 Å². The van der Waals surface area contributed by atoms with E-state index in [1.807, 2.05) is 6.92 Å². The van der Waals surface area contributed by atoms with Gasteiger partial charge >= 0.3 is 5.97 Å². The number of esters is 1. The molecule has 0 aliphatic heterocycles. The van der Waals surface area contributed by atoms with Crippen LogP contribution in [0, 0.1) is 11.3 Å². The van der Waals surface area contributed by atoms with E-state index >= 15 is 0 Å². The maximum Gasteiger partial charge on any atom is 0.352 e. The Morgan fingerprint density at radius 2 is 2.00 bits per heavy atom. The van der Waals surface area contributed by atoms with Gasteiger partial charge in [-0.2, -0.15) is 0 Å². The highest BCUT2D eigenvalue weighted by Crippen LogP contribution is 2.11. The van der Waals surface area contributed by atoms with Crippen molar-refractivity contribution in [3.8, 4) is 0 Å². The Balaban J connectivity index is 4.36. The van der Waals surface area contributed by atoms with Crippen molar-refractivity contribution in [1.29, 1.82) is 5.41 Å². The molecule has 0 unspecified atom stereocenters. The third kappa shape index (κ3) is 5.49. The van der Waals surface area contributed by atoms with Crippen molar-refractivity contribution >= 4 is 11.7 Å². The van der Waals surface area contributed by atoms with Gasteiger partial charge in [0.05, 0.1) is 6.61 Å². The van der Waals surface area contributed by atoms with E-state index in [4.69, 9.17) is 16.0 Å². The van der Waals surface area contributed by atoms with E-state index in [0.29, 0.717) is 6.42 Å². The van der Waals surface area contributed by atoms with Gasteiger partial charge in [0.2, 0.25) is 0 Å². The molecule has 0 aromatic rings. The Labute approximate surface area is 90.4 Å². The molecule has 0 rings (SSSR count). The van der Waals surface area contributed by atoms with Gasteiger partial charge in [0.15, 0.2) is 0 Å². The van der Waals surface area contributed by atoms with Gasteiger partial charge < -0.3 is 9.57 Å². The van der Waals surface area contributed by atoms with Crippen LogP contribution in [0.3, 0.4) is 0 Å². The van der Waals surface area contributed by atoms with Crippen molar-refractivity contribution in [3.05, 3.63) is 0 Å². The number of hydrogen-bond acceptors (Lipinski definition) is 5. The molecule has 0 heterocycles. The van der Waals surface area contributed by atoms with E-state index in [-0.39, 0.29) is 18.2 Å². The molecule has 0 aliphatic rings. The summed E-state index contributed by atoms with van der Waals surface area (Å²) in [6.45, 7) is 7.31. The van der Waals surface area contributed by atoms with Crippen molar-refractivity contribution in [1.82, 2.24) is 0 Å². The summed E-state index contributed by atoms with van der Waals surface area (Å²) < 4.78 is 5.07. The quantitative estimate of drug-likeness (QED) is 0.411. The lowest BCUT2D eigenvalue weighted by molar-refractivity contribution is -0.146. The molecule has 0 saturated heterocycles. The zero-order valence-electron chi connectivity index (χ0n) is 9.79. The highest BCUT2D eigenvalue weighted by molar-refractivity contribution is 6.36. The molecule has 0 fully saturated rings. The van der Waals surface area contributed by atoms with Gasteiger partial charge in [-0.1, -0.05) is 6.92 Å². The normalized spacial score (nSPS) is 13.4. The number of carbonyl (C=O) groups excluding carboxylic acids is 1. The van der Waals surface area contributed by atoms with Gasteiger partial charge in [-0.15, -0.1) is 0 Å². The number of hydrogen-bond donors (Lipinski definition) is 2. The van der Waals surface area contributed by atoms with Crippen molar-refractivity contribution < 1.29 is 14.4 Å². The Bertz CT molecular complexity index is 233. The summed E-state index contributed by atoms with van der Waals surface area (Å²) in [4.78, 5) is 15.9. The van der Waals surface area contributed by atoms with Crippen LogP contribution in [-0.2, 0) is 14.4 Å². The van der Waals surface area contributed by atoms with Crippen LogP contribution in [0.2, 0.25) is 0 Å². The van der Waals surface area contributed by atoms with Crippen molar-refractivity contribution in [3.63, 3.8) is 0 Å². The summed E-state index contributed by atoms with van der Waals surface area (Å²) in [7, 11) is 0. The summed E-state index contributed by atoms with van der Waals surface area (Å²) >= 11 is 0. The molecule has 3 N–H and O–H groups in total. The van der Waals surface area contributed by atoms with Gasteiger partial charge in [-0.05, 0) is 27.2 Å². The fraction of sp³-hybridized carbons (Fsp3) is 0.800. The molecule has 0 aliphatic carbocycles. The van der Waals surface area contributed by atoms with Crippen LogP contribution in [-0.4, -0.2) is 23.9 Å². The van der Waals surface area contributed by atoms with E-state index in [0.717, 1.165) is 0 Å². The zero-order valence-corrected chi connectivity index (χ0v) is 9.79. The third-order valence-electron chi connectivity index (χ3n) is 1.82. The third-order valence-corrected chi connectivity index (χ3v) is 1.82. The van der Waals surface area contributed by atoms with Gasteiger partial charge in [0.1, 0.15) is 11.3 Å². The highest BCUT2D eigenvalue weighted by atomic mass is 16.6. The van der Waals surface area contributed by atoms with E-state index in [2.05, 4.69) is 4.84 Å². The smallest absolute Gasteiger partial charge is 0.352 e. The molecule has 5 nitrogen and oxygen atoms in total. The maximum absolute atomic E-state index is 11.5. The van der Waals surface area contributed by atoms with E-state index in [1.54, 1.807) is 20.8 Å². The Hall–Kier alpha value is -0.940. The van der Waals surface area contributed by atoms with Crippen molar-refractivity contribution in [2.24, 2.45) is 11.8 Å². The molecule has 0 radical (unpaired) electrons. The molecule has 5 heteroatoms. The van der Waals surface area contributed by atoms with Crippen molar-refractivity contribution in [2.45, 2.75) is 39.7 Å². The average molecular weight is 216 g/mol. The molecule has 0 aromatic carbocycles. The second kappa shape index (κ2) is 5.82. The summed E-state index contributed by atoms with van der Waals surface area (Å²) in [5.74, 6) is 4.02. The van der Waals surface area contributed by atoms with Crippen LogP contribution in [0.1, 0.15) is 34.1 Å². The molecule has 1 atom stereocenters. The number of nitrogens with two attached hydrogens (primary N) is 1. The number of ether oxygens (including phenoxy) is 1. The summed E-state index contributed by atoms with van der Waals surface area (Å²) in [5, 5.41) is 7.63. The predicted octanol–water partition coefficient (Wildman–Crippen LogP) is 1.26. The van der Waals surface area contributed by atoms with E-state index in [1.165, 1.54) is 0 Å². The van der Waals surface area contributed by atoms with Crippen molar-refractivity contribution in [2.75, 3.05) is 6.61 Å². The fourth-order valence-electron chi connectivity index (χ4n) is 1.02. The molecule has 0 saturated carbocycles. The largest absolute Gasteiger partial charge is 0.455 e. The molecule has 0 spiro atoms. The number of carbonyl (C=O) groups is 1. The molecular formula is C10H20N2O3. The van der Waals surface area contributed by atoms with Crippen LogP contribution in [0.4, 0.5) is 0 Å². The first kappa shape index (κ1) is 14.1. The molecular weight excluding hydrogens is 196 g/mol. The molecule has 0 aromatic heterocycles. The lowest BCUT2D eigenvalue weighted by Crippen LogP contribution is -2.34. The zero-order chi connectivity index (χ0) is 12.1. The fourth-order valence-corrected chi connectivity index (χ4v) is 1.02. The van der Waals surface area contributed by atoms with E-state index < -0.39 is 11.6 Å². The first-order chi connectivity index (χ1) is 6.81. The standard InChI is InChI=1S/C10H20N2O3/c1-5-7(6-14-12)8(11)9(13)15-10(2,3)4/h7,11H,5-6,12H2,1-4H3/t7-/m1/s1. The topological polar surface area (TPSA) is 85.4 Å². The van der Waals surface area contributed by atoms with Crippen LogP contribution in [0.15, 0.2) is 0 Å². The monoisotopic (exact) mass is 216 g/mol. The second-order valence-corrected chi connectivity index (χ2v) is 4.35. The summed E-state index contributed by atoms with van der Waals surface area (Å²) in [6, 6.07) is 0. The SMILES string of the molecule is CC[C@H](CON)C(=N)C(=O)OC(C)(C)C. The molecule has 0 amide bonds. The lowest BCUT2D eigenvalue weighted by atomic mass is 10.0. The second-order valence-electron chi connectivity index (χ2n) is 4.35. The summed E-state index contributed by atoms with van der Waals surface area (Å²) in [5.41, 5.74) is -0.663. The Kier molecular flexibility index (Phi) is 5.46. The molecule has 15 heavy (non-hydrogen) atoms. The van der Waals surface area contributed by atoms with Crippen LogP contribution < -0.4 is 5.90 Å². The summed E-state index contributed by atoms with van der Waals surface area (Å²) in [6.07, 6.45) is 0.620. The minimum atomic E-state index is -0.605. The van der Waals surface area contributed by atoms with Gasteiger partial charge in [-0.25, -0.2) is 10.7 Å². The van der Waals surface area contributed by atoms with Crippen LogP contribution in [0.5, 0.6) is 0 Å². The molecule has 88 valence electrons. The van der Waals surface area contributed by atoms with E-state index in [9.17, 15) is 4.79 Å². The Morgan fingerprint density at radius 3 is 2.33 bits per heavy atom. The van der Waals surface area contributed by atoms with Gasteiger partial charge in [0, 0.05) is 5.92 Å². The lowest BCUT2D eigenvalue weighted by Gasteiger charge is -2.21. The first-order valence-electron chi connectivity index (χ1n) is 4.95. The van der Waals surface area contributed by atoms with Crippen LogP contribution in [0.25, 0.3) is 0 Å². The Morgan fingerprint density at radius 1 is 1.47 bits per heavy atom. The van der Waals surface area contributed by atoms with Crippen LogP contribution >= 0.6 is 0 Å². The molecule has 0 bridgehead atoms. The number of rotatable bonds is 5. The predicted molar refractivity (Wildman–Crippen MR) is 57.5 cm³/mol. The minimum Gasteiger partial charge on any atom is -0.455 e. The maximum atomic E-state index is 11.5. The highest BCUT2D eigenvalue weighted by Gasteiger charge is 2.25. The average Bonchev–Trinajstić information content (AvgIpc) is 2.10. The first-order valence-corrected chi connectivity index (χ1v) is 4.95.